The molecule has 0 saturated carbocycles. The third kappa shape index (κ3) is 3.17. The molecule has 0 radical (unpaired) electrons. The maximum Gasteiger partial charge on any atom is 0.307 e. The first-order valence-corrected chi connectivity index (χ1v) is 6.89. The van der Waals surface area contributed by atoms with Crippen molar-refractivity contribution in [3.8, 4) is 0 Å². The number of carbonyl (C=O) groups is 2. The van der Waals surface area contributed by atoms with Crippen molar-refractivity contribution in [1.29, 1.82) is 0 Å². The Labute approximate surface area is 118 Å². The third-order valence-electron chi connectivity index (χ3n) is 3.97. The smallest absolute Gasteiger partial charge is 0.307 e. The fraction of sp³-hybridized carbons (Fsp3) is 0.467. The van der Waals surface area contributed by atoms with Gasteiger partial charge in [-0.25, -0.2) is 0 Å². The van der Waals surface area contributed by atoms with Gasteiger partial charge in [0, 0.05) is 12.2 Å². The van der Waals surface area contributed by atoms with E-state index in [9.17, 15) is 9.59 Å². The number of nitrogens with one attached hydrogen (secondary N) is 2. The van der Waals surface area contributed by atoms with Crippen LogP contribution in [0.2, 0.25) is 0 Å². The van der Waals surface area contributed by atoms with Crippen molar-refractivity contribution in [2.45, 2.75) is 26.2 Å². The first kappa shape index (κ1) is 14.5. The second kappa shape index (κ2) is 6.05. The largest absolute Gasteiger partial charge is 0.481 e. The number of anilines is 1. The quantitative estimate of drug-likeness (QED) is 0.764. The average molecular weight is 276 g/mol. The van der Waals surface area contributed by atoms with Gasteiger partial charge in [0.15, 0.2) is 0 Å². The highest BCUT2D eigenvalue weighted by molar-refractivity contribution is 5.95. The Morgan fingerprint density at radius 1 is 1.35 bits per heavy atom. The molecule has 20 heavy (non-hydrogen) atoms. The van der Waals surface area contributed by atoms with Crippen molar-refractivity contribution in [2.24, 2.45) is 5.41 Å². The van der Waals surface area contributed by atoms with Crippen LogP contribution in [0.3, 0.4) is 0 Å². The minimum absolute atomic E-state index is 0.00293. The summed E-state index contributed by atoms with van der Waals surface area (Å²) in [4.78, 5) is 23.0. The summed E-state index contributed by atoms with van der Waals surface area (Å²) >= 11 is 0. The van der Waals surface area contributed by atoms with Gasteiger partial charge in [-0.1, -0.05) is 19.1 Å². The summed E-state index contributed by atoms with van der Waals surface area (Å²) in [5.74, 6) is -0.820. The SMILES string of the molecule is CCC1(C(=O)Nc2ccc(CC(=O)O)cc2)CCNC1. The van der Waals surface area contributed by atoms with Crippen LogP contribution in [0, 0.1) is 5.41 Å². The zero-order chi connectivity index (χ0) is 14.6. The number of hydrogen-bond acceptors (Lipinski definition) is 3. The monoisotopic (exact) mass is 276 g/mol. The van der Waals surface area contributed by atoms with Crippen LogP contribution in [0.1, 0.15) is 25.3 Å². The molecular formula is C15H20N2O3. The molecule has 0 spiro atoms. The van der Waals surface area contributed by atoms with Crippen molar-refractivity contribution in [2.75, 3.05) is 18.4 Å². The zero-order valence-electron chi connectivity index (χ0n) is 11.6. The van der Waals surface area contributed by atoms with E-state index in [2.05, 4.69) is 10.6 Å². The third-order valence-corrected chi connectivity index (χ3v) is 3.97. The van der Waals surface area contributed by atoms with Crippen LogP contribution < -0.4 is 10.6 Å². The van der Waals surface area contributed by atoms with E-state index in [1.54, 1.807) is 24.3 Å². The second-order valence-electron chi connectivity index (χ2n) is 5.28. The Kier molecular flexibility index (Phi) is 4.39. The fourth-order valence-corrected chi connectivity index (χ4v) is 2.54. The minimum Gasteiger partial charge on any atom is -0.481 e. The van der Waals surface area contributed by atoms with E-state index in [0.717, 1.165) is 24.9 Å². The number of rotatable bonds is 5. The lowest BCUT2D eigenvalue weighted by molar-refractivity contribution is -0.136. The Morgan fingerprint density at radius 2 is 2.05 bits per heavy atom. The van der Waals surface area contributed by atoms with Gasteiger partial charge in [-0.3, -0.25) is 9.59 Å². The summed E-state index contributed by atoms with van der Waals surface area (Å²) < 4.78 is 0. The molecule has 1 amide bonds. The van der Waals surface area contributed by atoms with Crippen LogP contribution >= 0.6 is 0 Å². The summed E-state index contributed by atoms with van der Waals surface area (Å²) in [6, 6.07) is 6.97. The molecule has 1 aliphatic heterocycles. The average Bonchev–Trinajstić information content (AvgIpc) is 2.90. The van der Waals surface area contributed by atoms with E-state index in [1.165, 1.54) is 0 Å². The molecule has 0 bridgehead atoms. The molecule has 1 aromatic rings. The summed E-state index contributed by atoms with van der Waals surface area (Å²) in [5, 5.41) is 14.9. The van der Waals surface area contributed by atoms with Gasteiger partial charge in [0.05, 0.1) is 11.8 Å². The van der Waals surface area contributed by atoms with E-state index >= 15 is 0 Å². The van der Waals surface area contributed by atoms with E-state index in [1.807, 2.05) is 6.92 Å². The van der Waals surface area contributed by atoms with E-state index in [0.29, 0.717) is 12.2 Å². The van der Waals surface area contributed by atoms with E-state index in [4.69, 9.17) is 5.11 Å². The standard InChI is InChI=1S/C15H20N2O3/c1-2-15(7-8-16-10-15)14(20)17-12-5-3-11(4-6-12)9-13(18)19/h3-6,16H,2,7-10H2,1H3,(H,17,20)(H,18,19). The molecule has 1 unspecified atom stereocenters. The highest BCUT2D eigenvalue weighted by Crippen LogP contribution is 2.30. The number of amides is 1. The van der Waals surface area contributed by atoms with E-state index in [-0.39, 0.29) is 17.7 Å². The number of carbonyl (C=O) groups excluding carboxylic acids is 1. The highest BCUT2D eigenvalue weighted by atomic mass is 16.4. The topological polar surface area (TPSA) is 78.4 Å². The van der Waals surface area contributed by atoms with Gasteiger partial charge in [-0.05, 0) is 37.1 Å². The molecule has 0 aliphatic carbocycles. The molecule has 2 rings (SSSR count). The normalized spacial score (nSPS) is 21.6. The van der Waals surface area contributed by atoms with Crippen molar-refractivity contribution in [1.82, 2.24) is 5.32 Å². The molecule has 1 fully saturated rings. The van der Waals surface area contributed by atoms with E-state index < -0.39 is 5.97 Å². The summed E-state index contributed by atoms with van der Waals surface area (Å²) in [6.45, 7) is 3.62. The van der Waals surface area contributed by atoms with Gasteiger partial charge in [0.2, 0.25) is 5.91 Å². The highest BCUT2D eigenvalue weighted by Gasteiger charge is 2.39. The van der Waals surface area contributed by atoms with Crippen LogP contribution in [-0.2, 0) is 16.0 Å². The summed E-state index contributed by atoms with van der Waals surface area (Å²) in [6.07, 6.45) is 1.66. The van der Waals surface area contributed by atoms with Gasteiger partial charge in [0.25, 0.3) is 0 Å². The van der Waals surface area contributed by atoms with Gasteiger partial charge >= 0.3 is 5.97 Å². The van der Waals surface area contributed by atoms with Crippen LogP contribution in [0.5, 0.6) is 0 Å². The molecule has 5 heteroatoms. The van der Waals surface area contributed by atoms with Crippen LogP contribution in [0.4, 0.5) is 5.69 Å². The molecule has 0 aromatic heterocycles. The Morgan fingerprint density at radius 3 is 2.55 bits per heavy atom. The zero-order valence-corrected chi connectivity index (χ0v) is 11.6. The molecule has 108 valence electrons. The minimum atomic E-state index is -0.858. The van der Waals surface area contributed by atoms with Gasteiger partial charge in [-0.15, -0.1) is 0 Å². The maximum atomic E-state index is 12.4. The van der Waals surface area contributed by atoms with Gasteiger partial charge < -0.3 is 15.7 Å². The molecule has 1 saturated heterocycles. The van der Waals surface area contributed by atoms with Crippen molar-refractivity contribution >= 4 is 17.6 Å². The van der Waals surface area contributed by atoms with Gasteiger partial charge in [0.1, 0.15) is 0 Å². The number of aliphatic carboxylic acids is 1. The van der Waals surface area contributed by atoms with Crippen LogP contribution in [0.25, 0.3) is 0 Å². The molecular weight excluding hydrogens is 256 g/mol. The van der Waals surface area contributed by atoms with Crippen molar-refractivity contribution < 1.29 is 14.7 Å². The van der Waals surface area contributed by atoms with Crippen LogP contribution in [-0.4, -0.2) is 30.1 Å². The molecule has 1 heterocycles. The van der Waals surface area contributed by atoms with Crippen molar-refractivity contribution in [3.63, 3.8) is 0 Å². The molecule has 5 nitrogen and oxygen atoms in total. The lowest BCUT2D eigenvalue weighted by Gasteiger charge is -2.25. The van der Waals surface area contributed by atoms with Gasteiger partial charge in [-0.2, -0.15) is 0 Å². The predicted octanol–water partition coefficient (Wildman–Crippen LogP) is 1.64. The first-order valence-electron chi connectivity index (χ1n) is 6.89. The fourth-order valence-electron chi connectivity index (χ4n) is 2.54. The van der Waals surface area contributed by atoms with Crippen molar-refractivity contribution in [3.05, 3.63) is 29.8 Å². The maximum absolute atomic E-state index is 12.4. The lowest BCUT2D eigenvalue weighted by atomic mass is 9.83. The lowest BCUT2D eigenvalue weighted by Crippen LogP contribution is -2.37. The molecule has 3 N–H and O–H groups in total. The predicted molar refractivity (Wildman–Crippen MR) is 76.6 cm³/mol. The Bertz CT molecular complexity index is 490. The summed E-state index contributed by atoms with van der Waals surface area (Å²) in [7, 11) is 0. The number of carboxylic acid groups (broad SMARTS) is 1. The number of hydrogen-bond donors (Lipinski definition) is 3. The number of benzene rings is 1. The molecule has 1 aromatic carbocycles. The molecule has 1 aliphatic rings. The number of carboxylic acids is 1. The summed E-state index contributed by atoms with van der Waals surface area (Å²) in [5.41, 5.74) is 1.12. The second-order valence-corrected chi connectivity index (χ2v) is 5.28. The Balaban J connectivity index is 2.02. The first-order chi connectivity index (χ1) is 9.55. The Hall–Kier alpha value is -1.88. The van der Waals surface area contributed by atoms with Crippen LogP contribution in [0.15, 0.2) is 24.3 Å². The molecule has 1 atom stereocenters.